The van der Waals surface area contributed by atoms with E-state index in [-0.39, 0.29) is 12.8 Å². The highest BCUT2D eigenvalue weighted by Crippen LogP contribution is 2.54. The van der Waals surface area contributed by atoms with Crippen LogP contribution in [0.2, 0.25) is 0 Å². The normalized spacial score (nSPS) is 20.1. The van der Waals surface area contributed by atoms with Crippen molar-refractivity contribution >= 4 is 29.1 Å². The predicted octanol–water partition coefficient (Wildman–Crippen LogP) is 6.33. The van der Waals surface area contributed by atoms with Gasteiger partial charge in [-0.2, -0.15) is 0 Å². The first-order valence-corrected chi connectivity index (χ1v) is 14.6. The molecule has 4 heterocycles. The summed E-state index contributed by atoms with van der Waals surface area (Å²) in [4.78, 5) is 9.22. The first-order chi connectivity index (χ1) is 18.3. The maximum Gasteiger partial charge on any atom is 0.251 e. The van der Waals surface area contributed by atoms with Crippen LogP contribution in [0.5, 0.6) is 0 Å². The molecule has 3 aliphatic rings. The molecule has 3 fully saturated rings. The molecular formula is C28H35F2N7S. The first kappa shape index (κ1) is 25.4. The van der Waals surface area contributed by atoms with Crippen LogP contribution in [-0.4, -0.2) is 57.8 Å². The largest absolute Gasteiger partial charge is 0.371 e. The zero-order valence-corrected chi connectivity index (χ0v) is 22.9. The third-order valence-electron chi connectivity index (χ3n) is 8.22. The Balaban J connectivity index is 1.28. The lowest BCUT2D eigenvalue weighted by Gasteiger charge is -2.35. The lowest BCUT2D eigenvalue weighted by Crippen LogP contribution is -2.39. The molecule has 38 heavy (non-hydrogen) atoms. The van der Waals surface area contributed by atoms with Gasteiger partial charge < -0.3 is 14.5 Å². The van der Waals surface area contributed by atoms with Crippen molar-refractivity contribution in [2.24, 2.45) is 5.41 Å². The Morgan fingerprint density at radius 1 is 0.921 bits per heavy atom. The van der Waals surface area contributed by atoms with Gasteiger partial charge in [0.25, 0.3) is 5.92 Å². The molecule has 1 spiro atoms. The minimum atomic E-state index is -2.59. The van der Waals surface area contributed by atoms with Crippen LogP contribution in [0.25, 0.3) is 17.1 Å². The van der Waals surface area contributed by atoms with Gasteiger partial charge in [0.15, 0.2) is 5.82 Å². The highest BCUT2D eigenvalue weighted by atomic mass is 32.2. The highest BCUT2D eigenvalue weighted by Gasteiger charge is 2.44. The molecule has 10 heteroatoms. The Bertz CT molecular complexity index is 1290. The van der Waals surface area contributed by atoms with Gasteiger partial charge in [-0.1, -0.05) is 24.1 Å². The molecule has 3 aromatic rings. The molecule has 6 rings (SSSR count). The average Bonchev–Trinajstić information content (AvgIpc) is 3.47. The maximum absolute atomic E-state index is 13.7. The Labute approximate surface area is 227 Å². The lowest BCUT2D eigenvalue weighted by molar-refractivity contribution is -0.0221. The smallest absolute Gasteiger partial charge is 0.251 e. The number of benzene rings is 1. The monoisotopic (exact) mass is 539 g/mol. The van der Waals surface area contributed by atoms with E-state index in [0.29, 0.717) is 30.1 Å². The van der Waals surface area contributed by atoms with Crippen LogP contribution in [-0.2, 0) is 0 Å². The maximum atomic E-state index is 13.7. The molecule has 1 aliphatic carbocycles. The van der Waals surface area contributed by atoms with Crippen molar-refractivity contribution in [3.8, 4) is 17.1 Å². The summed E-state index contributed by atoms with van der Waals surface area (Å²) in [6.07, 6.45) is 6.89. The van der Waals surface area contributed by atoms with Crippen LogP contribution < -0.4 is 14.5 Å². The summed E-state index contributed by atoms with van der Waals surface area (Å²) in [5.74, 6) is -0.248. The van der Waals surface area contributed by atoms with E-state index in [1.807, 2.05) is 30.2 Å². The number of hydrogen-bond acceptors (Lipinski definition) is 7. The Morgan fingerprint density at radius 3 is 2.34 bits per heavy atom. The zero-order chi connectivity index (χ0) is 26.3. The van der Waals surface area contributed by atoms with Crippen molar-refractivity contribution in [3.05, 3.63) is 42.1 Å². The van der Waals surface area contributed by atoms with Gasteiger partial charge >= 0.3 is 0 Å². The van der Waals surface area contributed by atoms with E-state index >= 15 is 0 Å². The number of hydrogen-bond donors (Lipinski definition) is 1. The number of nitrogens with one attached hydrogen (secondary N) is 1. The van der Waals surface area contributed by atoms with Crippen LogP contribution in [0, 0.1) is 12.3 Å². The summed E-state index contributed by atoms with van der Waals surface area (Å²) in [6.45, 7) is 6.83. The van der Waals surface area contributed by atoms with Crippen molar-refractivity contribution in [1.29, 1.82) is 0 Å². The molecule has 2 aromatic heterocycles. The van der Waals surface area contributed by atoms with Gasteiger partial charge in [0.05, 0.1) is 6.20 Å². The molecule has 1 saturated carbocycles. The van der Waals surface area contributed by atoms with Crippen molar-refractivity contribution in [2.75, 3.05) is 46.5 Å². The minimum absolute atomic E-state index is 0.145. The lowest BCUT2D eigenvalue weighted by atomic mass is 9.93. The molecule has 1 N–H and O–H groups in total. The van der Waals surface area contributed by atoms with E-state index in [1.165, 1.54) is 31.4 Å². The van der Waals surface area contributed by atoms with E-state index in [1.54, 1.807) is 16.6 Å². The molecule has 0 amide bonds. The molecule has 0 atom stereocenters. The van der Waals surface area contributed by atoms with Crippen LogP contribution in [0.15, 0.2) is 36.5 Å². The molecule has 2 aliphatic heterocycles. The second-order valence-corrected chi connectivity index (χ2v) is 12.1. The standard InChI is InChI=1S/C28H35F2N7S/c1-3-38-33-21-4-5-22(24(18-21)35-12-8-27(6-7-27)9-13-35)23-19-37(34-32-23)26-17-20(2)16-25(31-26)36-14-10-28(29,30)11-15-36/h4-5,16-19,33H,3,6-15H2,1-2H3. The van der Waals surface area contributed by atoms with E-state index in [9.17, 15) is 8.78 Å². The van der Waals surface area contributed by atoms with Gasteiger partial charge in [-0.3, -0.25) is 0 Å². The van der Waals surface area contributed by atoms with Gasteiger partial charge in [-0.05, 0) is 73.9 Å². The number of piperidine rings is 2. The number of aryl methyl sites for hydroxylation is 1. The van der Waals surface area contributed by atoms with Crippen molar-refractivity contribution < 1.29 is 8.78 Å². The van der Waals surface area contributed by atoms with E-state index in [2.05, 4.69) is 45.1 Å². The number of halogens is 2. The summed E-state index contributed by atoms with van der Waals surface area (Å²) in [5.41, 5.74) is 5.73. The molecular weight excluding hydrogens is 504 g/mol. The van der Waals surface area contributed by atoms with Crippen LogP contribution in [0.1, 0.15) is 51.0 Å². The van der Waals surface area contributed by atoms with Gasteiger partial charge in [-0.25, -0.2) is 18.4 Å². The summed E-state index contributed by atoms with van der Waals surface area (Å²) >= 11 is 1.69. The van der Waals surface area contributed by atoms with E-state index in [4.69, 9.17) is 4.98 Å². The summed E-state index contributed by atoms with van der Waals surface area (Å²) in [6, 6.07) is 10.4. The fourth-order valence-electron chi connectivity index (χ4n) is 5.60. The van der Waals surface area contributed by atoms with E-state index < -0.39 is 5.92 Å². The minimum Gasteiger partial charge on any atom is -0.371 e. The number of pyridine rings is 1. The molecule has 0 radical (unpaired) electrons. The van der Waals surface area contributed by atoms with Gasteiger partial charge in [0.2, 0.25) is 0 Å². The fourth-order valence-corrected chi connectivity index (χ4v) is 6.04. The number of aromatic nitrogens is 4. The van der Waals surface area contributed by atoms with Crippen molar-refractivity contribution in [3.63, 3.8) is 0 Å². The third-order valence-corrected chi connectivity index (χ3v) is 8.89. The highest BCUT2D eigenvalue weighted by molar-refractivity contribution is 8.00. The zero-order valence-electron chi connectivity index (χ0n) is 22.1. The van der Waals surface area contributed by atoms with Gasteiger partial charge in [-0.15, -0.1) is 5.10 Å². The number of anilines is 3. The number of nitrogens with zero attached hydrogens (tertiary/aromatic N) is 6. The summed E-state index contributed by atoms with van der Waals surface area (Å²) < 4.78 is 32.5. The summed E-state index contributed by atoms with van der Waals surface area (Å²) in [7, 11) is 0. The number of rotatable bonds is 7. The topological polar surface area (TPSA) is 62.1 Å². The Kier molecular flexibility index (Phi) is 6.70. The number of alkyl halides is 2. The Morgan fingerprint density at radius 2 is 1.63 bits per heavy atom. The SMILES string of the molecule is CCSNc1ccc(-c2cn(-c3cc(C)cc(N4CCC(F)(F)CC4)n3)nn2)c(N2CCC3(CC2)CC3)c1. The summed E-state index contributed by atoms with van der Waals surface area (Å²) in [5, 5.41) is 8.98. The van der Waals surface area contributed by atoms with Crippen LogP contribution >= 0.6 is 11.9 Å². The average molecular weight is 540 g/mol. The fraction of sp³-hybridized carbons (Fsp3) is 0.536. The molecule has 0 unspecified atom stereocenters. The predicted molar refractivity (Wildman–Crippen MR) is 151 cm³/mol. The van der Waals surface area contributed by atoms with E-state index in [0.717, 1.165) is 41.4 Å². The molecule has 1 aromatic carbocycles. The second kappa shape index (κ2) is 10.0. The van der Waals surface area contributed by atoms with Crippen molar-refractivity contribution in [2.45, 2.75) is 58.3 Å². The molecule has 2 saturated heterocycles. The molecule has 7 nitrogen and oxygen atoms in total. The first-order valence-electron chi connectivity index (χ1n) is 13.6. The molecule has 0 bridgehead atoms. The molecule has 202 valence electrons. The quantitative estimate of drug-likeness (QED) is 0.352. The van der Waals surface area contributed by atoms with Gasteiger partial charge in [0.1, 0.15) is 11.5 Å². The third kappa shape index (κ3) is 5.32. The van der Waals surface area contributed by atoms with Crippen molar-refractivity contribution in [1.82, 2.24) is 20.0 Å². The van der Waals surface area contributed by atoms with Crippen LogP contribution in [0.4, 0.5) is 26.0 Å². The second-order valence-electron chi connectivity index (χ2n) is 11.0. The van der Waals surface area contributed by atoms with Gasteiger partial charge in [0, 0.05) is 61.7 Å². The van der Waals surface area contributed by atoms with Crippen LogP contribution in [0.3, 0.4) is 0 Å². The Hall–Kier alpha value is -2.88.